The summed E-state index contributed by atoms with van der Waals surface area (Å²) in [7, 11) is -2.49. The molecule has 0 aliphatic carbocycles. The molecule has 0 saturated carbocycles. The van der Waals surface area contributed by atoms with E-state index >= 15 is 0 Å². The molecule has 0 unspecified atom stereocenters. The molecule has 8 nitrogen and oxygen atoms in total. The molecule has 2 aromatic rings. The Bertz CT molecular complexity index is 903. The summed E-state index contributed by atoms with van der Waals surface area (Å²) >= 11 is 0. The van der Waals surface area contributed by atoms with Gasteiger partial charge in [0.25, 0.3) is 0 Å². The van der Waals surface area contributed by atoms with Gasteiger partial charge in [-0.25, -0.2) is 27.6 Å². The van der Waals surface area contributed by atoms with Gasteiger partial charge in [-0.15, -0.1) is 0 Å². The first kappa shape index (κ1) is 19.2. The van der Waals surface area contributed by atoms with Gasteiger partial charge >= 0.3 is 12.0 Å². The maximum Gasteiger partial charge on any atom is 0.337 e. The van der Waals surface area contributed by atoms with Crippen LogP contribution >= 0.6 is 0 Å². The van der Waals surface area contributed by atoms with Gasteiger partial charge in [0.2, 0.25) is 10.0 Å². The molecule has 2 heterocycles. The van der Waals surface area contributed by atoms with E-state index in [0.717, 1.165) is 12.4 Å². The molecule has 0 radical (unpaired) electrons. The highest BCUT2D eigenvalue weighted by molar-refractivity contribution is 7.89. The third kappa shape index (κ3) is 4.40. The summed E-state index contributed by atoms with van der Waals surface area (Å²) in [6.07, 6.45) is 2.78. The molecule has 27 heavy (non-hydrogen) atoms. The number of esters is 1. The quantitative estimate of drug-likeness (QED) is 0.710. The minimum atomic E-state index is -3.74. The normalized spacial score (nSPS) is 18.1. The number of ether oxygens (including phenoxy) is 2. The zero-order valence-corrected chi connectivity index (χ0v) is 15.4. The fraction of sp³-hybridized carbons (Fsp3) is 0.353. The smallest absolute Gasteiger partial charge is 0.337 e. The Morgan fingerprint density at radius 3 is 2.52 bits per heavy atom. The van der Waals surface area contributed by atoms with Crippen LogP contribution in [0.1, 0.15) is 23.2 Å². The predicted molar refractivity (Wildman–Crippen MR) is 92.2 cm³/mol. The van der Waals surface area contributed by atoms with E-state index in [1.165, 1.54) is 35.7 Å². The van der Waals surface area contributed by atoms with E-state index in [9.17, 15) is 17.6 Å². The van der Waals surface area contributed by atoms with Crippen LogP contribution in [0, 0.1) is 5.82 Å². The Morgan fingerprint density at radius 2 is 1.89 bits per heavy atom. The number of hydrogen-bond acceptors (Lipinski definition) is 7. The average Bonchev–Trinajstić information content (AvgIpc) is 2.69. The Labute approximate surface area is 156 Å². The molecule has 0 bridgehead atoms. The van der Waals surface area contributed by atoms with Gasteiger partial charge < -0.3 is 9.47 Å². The highest BCUT2D eigenvalue weighted by Gasteiger charge is 2.31. The van der Waals surface area contributed by atoms with Crippen LogP contribution in [0.4, 0.5) is 4.39 Å². The topological polar surface area (TPSA) is 98.7 Å². The van der Waals surface area contributed by atoms with Gasteiger partial charge in [0, 0.05) is 6.54 Å². The summed E-state index contributed by atoms with van der Waals surface area (Å²) in [6.45, 7) is 0.479. The lowest BCUT2D eigenvalue weighted by molar-refractivity contribution is 0.0600. The number of carbonyl (C=O) groups excluding carboxylic acids is 1. The fourth-order valence-electron chi connectivity index (χ4n) is 2.76. The number of rotatable bonds is 5. The van der Waals surface area contributed by atoms with Crippen LogP contribution in [0.15, 0.2) is 41.6 Å². The molecular formula is C17H18FN3O5S. The minimum Gasteiger partial charge on any atom is -0.465 e. The first-order valence-corrected chi connectivity index (χ1v) is 9.67. The molecule has 1 aromatic heterocycles. The number of methoxy groups -OCH3 is 1. The first-order chi connectivity index (χ1) is 12.9. The monoisotopic (exact) mass is 395 g/mol. The zero-order valence-electron chi connectivity index (χ0n) is 14.5. The molecule has 1 aliphatic rings. The van der Waals surface area contributed by atoms with Crippen LogP contribution in [0.3, 0.4) is 0 Å². The summed E-state index contributed by atoms with van der Waals surface area (Å²) in [4.78, 5) is 19.0. The summed E-state index contributed by atoms with van der Waals surface area (Å²) in [5.41, 5.74) is 0.268. The fourth-order valence-corrected chi connectivity index (χ4v) is 4.27. The Morgan fingerprint density at radius 1 is 1.22 bits per heavy atom. The minimum absolute atomic E-state index is 0.00285. The molecule has 3 rings (SSSR count). The predicted octanol–water partition coefficient (Wildman–Crippen LogP) is 1.63. The first-order valence-electron chi connectivity index (χ1n) is 8.23. The second-order valence-corrected chi connectivity index (χ2v) is 7.88. The molecule has 1 aromatic carbocycles. The number of sulfonamides is 1. The lowest BCUT2D eigenvalue weighted by Crippen LogP contribution is -2.44. The van der Waals surface area contributed by atoms with Crippen molar-refractivity contribution in [3.05, 3.63) is 48.0 Å². The summed E-state index contributed by atoms with van der Waals surface area (Å²) in [5, 5.41) is 0. The van der Waals surface area contributed by atoms with Crippen molar-refractivity contribution >= 4 is 16.0 Å². The van der Waals surface area contributed by atoms with Gasteiger partial charge in [-0.1, -0.05) is 0 Å². The van der Waals surface area contributed by atoms with Gasteiger partial charge in [-0.2, -0.15) is 4.31 Å². The van der Waals surface area contributed by atoms with Crippen molar-refractivity contribution in [2.75, 3.05) is 20.2 Å². The SMILES string of the molecule is COC(=O)c1ccc(S(=O)(=O)N2CCC[C@H](Oc3ncc(F)cn3)C2)cc1. The number of aromatic nitrogens is 2. The maximum atomic E-state index is 12.9. The molecular weight excluding hydrogens is 377 g/mol. The van der Waals surface area contributed by atoms with Crippen molar-refractivity contribution < 1.29 is 27.1 Å². The van der Waals surface area contributed by atoms with Crippen molar-refractivity contribution in [2.45, 2.75) is 23.8 Å². The van der Waals surface area contributed by atoms with Crippen molar-refractivity contribution in [1.82, 2.24) is 14.3 Å². The van der Waals surface area contributed by atoms with E-state index in [4.69, 9.17) is 4.74 Å². The van der Waals surface area contributed by atoms with Gasteiger partial charge in [-0.05, 0) is 37.1 Å². The van der Waals surface area contributed by atoms with Crippen molar-refractivity contribution in [1.29, 1.82) is 0 Å². The van der Waals surface area contributed by atoms with Gasteiger partial charge in [0.05, 0.1) is 36.5 Å². The van der Waals surface area contributed by atoms with Crippen LogP contribution in [0.2, 0.25) is 0 Å². The van der Waals surface area contributed by atoms with E-state index < -0.39 is 27.9 Å². The van der Waals surface area contributed by atoms with E-state index in [1.54, 1.807) is 0 Å². The summed E-state index contributed by atoms with van der Waals surface area (Å²) in [5.74, 6) is -1.12. The van der Waals surface area contributed by atoms with Crippen molar-refractivity contribution in [3.63, 3.8) is 0 Å². The van der Waals surface area contributed by atoms with Crippen LogP contribution in [-0.4, -0.2) is 55.0 Å². The molecule has 0 spiro atoms. The molecule has 0 N–H and O–H groups in total. The third-order valence-corrected chi connectivity index (χ3v) is 6.00. The van der Waals surface area contributed by atoms with E-state index in [0.29, 0.717) is 19.4 Å². The van der Waals surface area contributed by atoms with Crippen LogP contribution in [0.5, 0.6) is 6.01 Å². The van der Waals surface area contributed by atoms with E-state index in [2.05, 4.69) is 14.7 Å². The number of benzene rings is 1. The highest BCUT2D eigenvalue weighted by Crippen LogP contribution is 2.23. The number of piperidine rings is 1. The third-order valence-electron chi connectivity index (χ3n) is 4.12. The second-order valence-electron chi connectivity index (χ2n) is 5.94. The average molecular weight is 395 g/mol. The standard InChI is InChI=1S/C17H18FN3O5S/c1-25-16(22)12-4-6-15(7-5-12)27(23,24)21-8-2-3-14(11-21)26-17-19-9-13(18)10-20-17/h4-7,9-10,14H,2-3,8,11H2,1H3/t14-/m0/s1. The van der Waals surface area contributed by atoms with Gasteiger partial charge in [-0.3, -0.25) is 0 Å². The number of carbonyl (C=O) groups is 1. The Hall–Kier alpha value is -2.59. The zero-order chi connectivity index (χ0) is 19.4. The van der Waals surface area contributed by atoms with Crippen LogP contribution in [0.25, 0.3) is 0 Å². The number of hydrogen-bond donors (Lipinski definition) is 0. The van der Waals surface area contributed by atoms with Crippen LogP contribution in [-0.2, 0) is 14.8 Å². The molecule has 1 fully saturated rings. The highest BCUT2D eigenvalue weighted by atomic mass is 32.2. The molecule has 1 aliphatic heterocycles. The number of halogens is 1. The van der Waals surface area contributed by atoms with Crippen molar-refractivity contribution in [2.24, 2.45) is 0 Å². The molecule has 10 heteroatoms. The van der Waals surface area contributed by atoms with Crippen LogP contribution < -0.4 is 4.74 Å². The van der Waals surface area contributed by atoms with E-state index in [-0.39, 0.29) is 23.0 Å². The molecule has 0 amide bonds. The second kappa shape index (κ2) is 7.97. The maximum absolute atomic E-state index is 12.9. The van der Waals surface area contributed by atoms with Crippen molar-refractivity contribution in [3.8, 4) is 6.01 Å². The largest absolute Gasteiger partial charge is 0.465 e. The summed E-state index contributed by atoms with van der Waals surface area (Å²) < 4.78 is 50.1. The Balaban J connectivity index is 1.72. The molecule has 1 saturated heterocycles. The van der Waals surface area contributed by atoms with Gasteiger partial charge in [0.1, 0.15) is 6.10 Å². The molecule has 1 atom stereocenters. The molecule has 144 valence electrons. The number of nitrogens with zero attached hydrogens (tertiary/aromatic N) is 3. The Kier molecular flexibility index (Phi) is 5.66. The van der Waals surface area contributed by atoms with Gasteiger partial charge in [0.15, 0.2) is 5.82 Å². The lowest BCUT2D eigenvalue weighted by atomic mass is 10.1. The van der Waals surface area contributed by atoms with E-state index in [1.807, 2.05) is 0 Å². The lowest BCUT2D eigenvalue weighted by Gasteiger charge is -2.31. The summed E-state index contributed by atoms with van der Waals surface area (Å²) in [6, 6.07) is 5.55.